The van der Waals surface area contributed by atoms with E-state index in [-0.39, 0.29) is 106 Å². The van der Waals surface area contributed by atoms with E-state index in [4.69, 9.17) is 6.42 Å². The highest BCUT2D eigenvalue weighted by Crippen LogP contribution is 2.68. The number of hydrogen-bond acceptors (Lipinski definition) is 8. The van der Waals surface area contributed by atoms with E-state index in [0.29, 0.717) is 37.1 Å². The number of terminal acetylenes is 1. The number of aliphatic hydroxyl groups is 3. The van der Waals surface area contributed by atoms with Gasteiger partial charge in [0.15, 0.2) is 5.78 Å². The van der Waals surface area contributed by atoms with Crippen LogP contribution in [0.3, 0.4) is 0 Å². The van der Waals surface area contributed by atoms with Crippen molar-refractivity contribution in [1.29, 1.82) is 0 Å². The van der Waals surface area contributed by atoms with E-state index in [1.165, 1.54) is 0 Å². The Morgan fingerprint density at radius 2 is 1.81 bits per heavy atom. The summed E-state index contributed by atoms with van der Waals surface area (Å²) >= 11 is 1.55. The zero-order chi connectivity index (χ0) is 38.4. The Bertz CT molecular complexity index is 1510. The van der Waals surface area contributed by atoms with Gasteiger partial charge in [-0.05, 0) is 123 Å². The molecule has 4 aliphatic carbocycles. The summed E-state index contributed by atoms with van der Waals surface area (Å²) in [4.78, 5) is 54.6. The van der Waals surface area contributed by atoms with Crippen molar-refractivity contribution in [1.82, 2.24) is 10.2 Å². The highest BCUT2D eigenvalue weighted by molar-refractivity contribution is 8.00. The van der Waals surface area contributed by atoms with Crippen LogP contribution in [0, 0.1) is 64.6 Å². The minimum absolute atomic E-state index is 0.0274. The molecule has 2 amide bonds. The van der Waals surface area contributed by atoms with Crippen molar-refractivity contribution in [3.63, 3.8) is 0 Å². The molecule has 2 heterocycles. The average molecular weight is 753 g/mol. The first-order valence-corrected chi connectivity index (χ1v) is 21.7. The van der Waals surface area contributed by atoms with E-state index >= 15 is 0 Å². The number of thioether (sulfide) groups is 1. The Hall–Kier alpha value is -2.19. The first kappa shape index (κ1) is 40.5. The molecule has 0 bridgehead atoms. The van der Waals surface area contributed by atoms with Gasteiger partial charge in [0.1, 0.15) is 17.2 Å². The number of amides is 2. The molecule has 0 aromatic rings. The molecule has 9 nitrogen and oxygen atoms in total. The predicted octanol–water partition coefficient (Wildman–Crippen LogP) is 5.79. The first-order valence-electron chi connectivity index (χ1n) is 20.6. The van der Waals surface area contributed by atoms with Crippen LogP contribution < -0.4 is 5.32 Å². The molecule has 294 valence electrons. The smallest absolute Gasteiger partial charge is 0.253 e. The highest BCUT2D eigenvalue weighted by atomic mass is 32.2. The van der Waals surface area contributed by atoms with Crippen molar-refractivity contribution in [2.75, 3.05) is 5.75 Å². The third kappa shape index (κ3) is 7.43. The van der Waals surface area contributed by atoms with Gasteiger partial charge in [0, 0.05) is 37.9 Å². The normalized spacial score (nSPS) is 40.1. The summed E-state index contributed by atoms with van der Waals surface area (Å²) < 4.78 is 0. The number of nitrogens with one attached hydrogen (secondary N) is 1. The largest absolute Gasteiger partial charge is 0.393 e. The lowest BCUT2D eigenvalue weighted by Crippen LogP contribution is -2.70. The number of Topliss-reactive ketones (excluding diaryl/α,β-unsaturated/α-hetero) is 2. The van der Waals surface area contributed by atoms with Gasteiger partial charge in [0.05, 0.1) is 24.0 Å². The number of β-lactam (4-membered cyclic amide) rings is 1. The molecule has 4 saturated carbocycles. The fraction of sp³-hybridized carbons (Fsp3) is 0.814. The minimum Gasteiger partial charge on any atom is -0.393 e. The summed E-state index contributed by atoms with van der Waals surface area (Å²) in [5, 5.41) is 36.6. The lowest BCUT2D eigenvalue weighted by molar-refractivity contribution is -0.207. The number of carbonyl (C=O) groups excluding carboxylic acids is 4. The van der Waals surface area contributed by atoms with Gasteiger partial charge in [0.2, 0.25) is 5.91 Å². The standard InChI is InChI=1S/C43H64N2O7S/c1-7-9-11-28(46)18-26(10-8-2)19-34(49)39-25(4)23-53-41-38(40(52)45(39)41)44-36(51)15-12-24(3)30-13-14-31-37-32(22-35(50)43(30,31)6)42(5)17-16-29(47)20-27(42)21-33(37)48/h2,24,26-27,29-33,35,37-38,41,47-48,50H,7,9-23H2,1,3-6H3,(H,44,51)/t24-,26?,27+,29-,30-,31+,32+,33-,35+,37+,38?,41?,42+,43-/m1/s1. The summed E-state index contributed by atoms with van der Waals surface area (Å²) in [5.41, 5.74) is 0.909. The van der Waals surface area contributed by atoms with Crippen LogP contribution in [0.4, 0.5) is 0 Å². The van der Waals surface area contributed by atoms with Crippen LogP contribution in [0.2, 0.25) is 0 Å². The van der Waals surface area contributed by atoms with Crippen molar-refractivity contribution in [2.24, 2.45) is 52.3 Å². The first-order chi connectivity index (χ1) is 25.1. The van der Waals surface area contributed by atoms with Crippen molar-refractivity contribution in [3.05, 3.63) is 11.3 Å². The van der Waals surface area contributed by atoms with Crippen LogP contribution in [-0.4, -0.2) is 79.1 Å². The van der Waals surface area contributed by atoms with E-state index in [2.05, 4.69) is 32.0 Å². The van der Waals surface area contributed by atoms with Crippen LogP contribution in [0.15, 0.2) is 11.3 Å². The molecule has 5 fully saturated rings. The van der Waals surface area contributed by atoms with Crippen molar-refractivity contribution < 1.29 is 34.5 Å². The number of allylic oxidation sites excluding steroid dienone is 1. The zero-order valence-electron chi connectivity index (χ0n) is 32.6. The van der Waals surface area contributed by atoms with Gasteiger partial charge in [0.25, 0.3) is 5.91 Å². The molecule has 0 radical (unpaired) electrons. The molecule has 2 aliphatic heterocycles. The Morgan fingerprint density at radius 1 is 1.06 bits per heavy atom. The maximum Gasteiger partial charge on any atom is 0.253 e. The molecule has 3 unspecified atom stereocenters. The van der Waals surface area contributed by atoms with Crippen LogP contribution >= 0.6 is 11.8 Å². The van der Waals surface area contributed by atoms with Gasteiger partial charge in [-0.3, -0.25) is 24.1 Å². The van der Waals surface area contributed by atoms with Crippen LogP contribution in [0.25, 0.3) is 0 Å². The maximum absolute atomic E-state index is 13.6. The van der Waals surface area contributed by atoms with Crippen molar-refractivity contribution in [2.45, 2.75) is 161 Å². The number of aliphatic hydroxyl groups excluding tert-OH is 3. The molecule has 4 N–H and O–H groups in total. The number of ketones is 2. The summed E-state index contributed by atoms with van der Waals surface area (Å²) in [5.74, 6) is 3.70. The van der Waals surface area contributed by atoms with Crippen LogP contribution in [0.5, 0.6) is 0 Å². The number of carbonyl (C=O) groups is 4. The second-order valence-electron chi connectivity index (χ2n) is 18.4. The number of nitrogens with zero attached hydrogens (tertiary/aromatic N) is 1. The van der Waals surface area contributed by atoms with Gasteiger partial charge in [-0.15, -0.1) is 24.1 Å². The molecule has 10 heteroatoms. The molecule has 6 aliphatic rings. The Labute approximate surface area is 321 Å². The third-order valence-corrected chi connectivity index (χ3v) is 16.7. The molecule has 0 aromatic carbocycles. The van der Waals surface area contributed by atoms with Gasteiger partial charge >= 0.3 is 0 Å². The Balaban J connectivity index is 1.04. The third-order valence-electron chi connectivity index (χ3n) is 15.3. The summed E-state index contributed by atoms with van der Waals surface area (Å²) in [6.45, 7) is 10.7. The van der Waals surface area contributed by atoms with Crippen molar-refractivity contribution in [3.8, 4) is 12.3 Å². The van der Waals surface area contributed by atoms with Crippen molar-refractivity contribution >= 4 is 35.1 Å². The van der Waals surface area contributed by atoms with Crippen LogP contribution in [0.1, 0.15) is 131 Å². The highest BCUT2D eigenvalue weighted by Gasteiger charge is 2.65. The minimum atomic E-state index is -0.694. The summed E-state index contributed by atoms with van der Waals surface area (Å²) in [6, 6.07) is -0.694. The topological polar surface area (TPSA) is 144 Å². The zero-order valence-corrected chi connectivity index (χ0v) is 33.5. The summed E-state index contributed by atoms with van der Waals surface area (Å²) in [7, 11) is 0. The molecule has 53 heavy (non-hydrogen) atoms. The number of hydrogen-bond donors (Lipinski definition) is 4. The Kier molecular flexibility index (Phi) is 12.3. The van der Waals surface area contributed by atoms with Gasteiger partial charge in [-0.2, -0.15) is 0 Å². The molecular weight excluding hydrogens is 689 g/mol. The molecular formula is C43H64N2O7S. The fourth-order valence-corrected chi connectivity index (χ4v) is 13.6. The lowest BCUT2D eigenvalue weighted by atomic mass is 9.43. The number of unbranched alkanes of at least 4 members (excludes halogenated alkanes) is 1. The average Bonchev–Trinajstić information content (AvgIpc) is 3.48. The SMILES string of the molecule is C#CCC(CC(=O)CCCC)CC(=O)C1=C(C)CSC2C(NC(=O)CC[C@@H](C)[C@H]3CC[C@H]4[C@@H]5[C@H](O)C[C@@H]6C[C@H](O)CC[C@]6(C)[C@H]5C[C@H](O)[C@]34C)C(=O)N12. The van der Waals surface area contributed by atoms with E-state index < -0.39 is 18.2 Å². The maximum atomic E-state index is 13.6. The number of fused-ring (bicyclic) bond motifs is 6. The molecule has 6 rings (SSSR count). The summed E-state index contributed by atoms with van der Waals surface area (Å²) in [6.07, 6.45) is 14.0. The molecule has 0 spiro atoms. The monoisotopic (exact) mass is 752 g/mol. The van der Waals surface area contributed by atoms with Gasteiger partial charge in [-0.1, -0.05) is 34.1 Å². The quantitative estimate of drug-likeness (QED) is 0.129. The molecule has 0 aromatic heterocycles. The predicted molar refractivity (Wildman–Crippen MR) is 206 cm³/mol. The lowest BCUT2D eigenvalue weighted by Gasteiger charge is -2.63. The molecule has 1 saturated heterocycles. The van der Waals surface area contributed by atoms with Gasteiger partial charge < -0.3 is 20.6 Å². The second-order valence-corrected chi connectivity index (χ2v) is 19.5. The van der Waals surface area contributed by atoms with E-state index in [1.54, 1.807) is 16.7 Å². The molecule has 14 atom stereocenters. The van der Waals surface area contributed by atoms with E-state index in [0.717, 1.165) is 56.9 Å². The van der Waals surface area contributed by atoms with Crippen LogP contribution in [-0.2, 0) is 19.2 Å². The second kappa shape index (κ2) is 16.1. The Morgan fingerprint density at radius 3 is 2.53 bits per heavy atom. The van der Waals surface area contributed by atoms with E-state index in [9.17, 15) is 34.5 Å². The number of rotatable bonds is 14. The van der Waals surface area contributed by atoms with E-state index in [1.807, 2.05) is 13.8 Å². The van der Waals surface area contributed by atoms with Gasteiger partial charge in [-0.25, -0.2) is 0 Å². The fourth-order valence-electron chi connectivity index (χ4n) is 12.3.